The van der Waals surface area contributed by atoms with Gasteiger partial charge < -0.3 is 14.6 Å². The molecule has 0 aliphatic carbocycles. The summed E-state index contributed by atoms with van der Waals surface area (Å²) in [6.45, 7) is 1.97. The first kappa shape index (κ1) is 19.0. The first-order chi connectivity index (χ1) is 13.1. The topological polar surface area (TPSA) is 69.0 Å². The third-order valence-electron chi connectivity index (χ3n) is 4.19. The number of methoxy groups -OCH3 is 1. The maximum atomic E-state index is 12.3. The fraction of sp³-hybridized carbons (Fsp3) is 0.250. The van der Waals surface area contributed by atoms with E-state index in [0.717, 1.165) is 16.9 Å². The van der Waals surface area contributed by atoms with Crippen molar-refractivity contribution in [1.29, 1.82) is 0 Å². The minimum absolute atomic E-state index is 0.0389. The fourth-order valence-electron chi connectivity index (χ4n) is 2.74. The zero-order valence-corrected chi connectivity index (χ0v) is 16.4. The molecule has 0 aliphatic heterocycles. The Morgan fingerprint density at radius 2 is 1.85 bits per heavy atom. The van der Waals surface area contributed by atoms with Crippen LogP contribution in [-0.4, -0.2) is 33.5 Å². The monoisotopic (exact) mass is 382 g/mol. The van der Waals surface area contributed by atoms with Gasteiger partial charge in [0.25, 0.3) is 0 Å². The summed E-state index contributed by atoms with van der Waals surface area (Å²) in [5, 5.41) is 12.2. The van der Waals surface area contributed by atoms with Gasteiger partial charge in [0.1, 0.15) is 5.75 Å². The molecule has 3 rings (SSSR count). The number of amides is 1. The van der Waals surface area contributed by atoms with E-state index in [2.05, 4.69) is 15.5 Å². The summed E-state index contributed by atoms with van der Waals surface area (Å²) in [4.78, 5) is 12.3. The molecular formula is C20H22N4O2S. The van der Waals surface area contributed by atoms with E-state index in [1.54, 1.807) is 7.11 Å². The molecule has 0 saturated carbocycles. The Bertz CT molecular complexity index is 911. The molecule has 7 heteroatoms. The van der Waals surface area contributed by atoms with Gasteiger partial charge in [-0.05, 0) is 24.6 Å². The van der Waals surface area contributed by atoms with Crippen LogP contribution in [0.25, 0.3) is 11.4 Å². The van der Waals surface area contributed by atoms with Crippen molar-refractivity contribution >= 4 is 17.7 Å². The molecule has 140 valence electrons. The van der Waals surface area contributed by atoms with Gasteiger partial charge in [-0.15, -0.1) is 10.2 Å². The highest BCUT2D eigenvalue weighted by atomic mass is 32.2. The largest absolute Gasteiger partial charge is 0.496 e. The van der Waals surface area contributed by atoms with Crippen LogP contribution in [-0.2, 0) is 11.8 Å². The van der Waals surface area contributed by atoms with Crippen molar-refractivity contribution in [1.82, 2.24) is 20.1 Å². The van der Waals surface area contributed by atoms with Crippen LogP contribution in [0.4, 0.5) is 0 Å². The number of nitrogens with one attached hydrogen (secondary N) is 1. The number of ether oxygens (including phenoxy) is 1. The van der Waals surface area contributed by atoms with Crippen molar-refractivity contribution in [3.63, 3.8) is 0 Å². The van der Waals surface area contributed by atoms with Gasteiger partial charge in [0, 0.05) is 7.05 Å². The van der Waals surface area contributed by atoms with Crippen molar-refractivity contribution in [3.05, 3.63) is 60.2 Å². The van der Waals surface area contributed by atoms with E-state index in [0.29, 0.717) is 11.0 Å². The maximum absolute atomic E-state index is 12.3. The molecule has 0 spiro atoms. The third-order valence-corrected chi connectivity index (χ3v) is 5.21. The Hall–Kier alpha value is -2.80. The molecule has 0 aliphatic rings. The van der Waals surface area contributed by atoms with E-state index in [9.17, 15) is 4.79 Å². The first-order valence-electron chi connectivity index (χ1n) is 8.60. The number of thioether (sulfide) groups is 1. The van der Waals surface area contributed by atoms with Crippen molar-refractivity contribution in [3.8, 4) is 17.1 Å². The number of hydrogen-bond acceptors (Lipinski definition) is 5. The summed E-state index contributed by atoms with van der Waals surface area (Å²) in [7, 11) is 3.51. The number of benzene rings is 2. The molecule has 1 N–H and O–H groups in total. The Morgan fingerprint density at radius 1 is 1.15 bits per heavy atom. The Labute approximate surface area is 163 Å². The summed E-state index contributed by atoms with van der Waals surface area (Å²) in [5.41, 5.74) is 1.94. The van der Waals surface area contributed by atoms with E-state index in [1.807, 2.05) is 73.1 Å². The summed E-state index contributed by atoms with van der Waals surface area (Å²) in [6, 6.07) is 17.5. The number of rotatable bonds is 7. The van der Waals surface area contributed by atoms with E-state index in [4.69, 9.17) is 4.74 Å². The lowest BCUT2D eigenvalue weighted by atomic mass is 10.1. The Balaban J connectivity index is 1.64. The second-order valence-corrected chi connectivity index (χ2v) is 7.00. The molecule has 1 atom stereocenters. The van der Waals surface area contributed by atoms with Gasteiger partial charge in [-0.25, -0.2) is 0 Å². The van der Waals surface area contributed by atoms with E-state index >= 15 is 0 Å². The van der Waals surface area contributed by atoms with Gasteiger partial charge in [0.2, 0.25) is 5.91 Å². The average Bonchev–Trinajstić information content (AvgIpc) is 3.07. The lowest BCUT2D eigenvalue weighted by Gasteiger charge is -2.14. The molecule has 1 aromatic heterocycles. The molecule has 3 aromatic rings. The molecule has 2 aromatic carbocycles. The highest BCUT2D eigenvalue weighted by molar-refractivity contribution is 7.99. The van der Waals surface area contributed by atoms with Crippen molar-refractivity contribution in [2.24, 2.45) is 7.05 Å². The predicted molar refractivity (Wildman–Crippen MR) is 107 cm³/mol. The smallest absolute Gasteiger partial charge is 0.230 e. The molecule has 0 fully saturated rings. The van der Waals surface area contributed by atoms with E-state index < -0.39 is 0 Å². The van der Waals surface area contributed by atoms with Crippen LogP contribution < -0.4 is 10.1 Å². The van der Waals surface area contributed by atoms with Crippen LogP contribution in [0.1, 0.15) is 18.5 Å². The van der Waals surface area contributed by atoms with E-state index in [-0.39, 0.29) is 17.7 Å². The zero-order valence-electron chi connectivity index (χ0n) is 15.5. The van der Waals surface area contributed by atoms with Crippen LogP contribution in [0.5, 0.6) is 5.75 Å². The number of para-hydroxylation sites is 1. The predicted octanol–water partition coefficient (Wildman–Crippen LogP) is 3.46. The Morgan fingerprint density at radius 3 is 2.59 bits per heavy atom. The van der Waals surface area contributed by atoms with Crippen molar-refractivity contribution < 1.29 is 9.53 Å². The van der Waals surface area contributed by atoms with Crippen LogP contribution in [0, 0.1) is 0 Å². The van der Waals surface area contributed by atoms with Crippen LogP contribution in [0.15, 0.2) is 59.8 Å². The molecule has 0 saturated heterocycles. The standard InChI is InChI=1S/C20H22N4O2S/c1-14(15-9-5-4-6-10-15)21-18(25)13-27-20-23-22-19(24(20)2)16-11-7-8-12-17(16)26-3/h4-12,14H,13H2,1-3H3,(H,21,25)/t14-/m1/s1. The summed E-state index contributed by atoms with van der Waals surface area (Å²) >= 11 is 1.36. The van der Waals surface area contributed by atoms with E-state index in [1.165, 1.54) is 11.8 Å². The highest BCUT2D eigenvalue weighted by Gasteiger charge is 2.16. The zero-order chi connectivity index (χ0) is 19.2. The third kappa shape index (κ3) is 4.49. The summed E-state index contributed by atoms with van der Waals surface area (Å²) in [6.07, 6.45) is 0. The van der Waals surface area contributed by atoms with Crippen molar-refractivity contribution in [2.75, 3.05) is 12.9 Å². The number of carbonyl (C=O) groups excluding carboxylic acids is 1. The maximum Gasteiger partial charge on any atom is 0.230 e. The molecule has 0 radical (unpaired) electrons. The lowest BCUT2D eigenvalue weighted by Crippen LogP contribution is -2.28. The minimum atomic E-state index is -0.0433. The molecular weight excluding hydrogens is 360 g/mol. The molecule has 0 bridgehead atoms. The van der Waals surface area contributed by atoms with Gasteiger partial charge in [-0.1, -0.05) is 54.2 Å². The number of aromatic nitrogens is 3. The van der Waals surface area contributed by atoms with Crippen LogP contribution in [0.3, 0.4) is 0 Å². The molecule has 0 unspecified atom stereocenters. The normalized spacial score (nSPS) is 11.8. The summed E-state index contributed by atoms with van der Waals surface area (Å²) < 4.78 is 7.27. The van der Waals surface area contributed by atoms with Gasteiger partial charge in [-0.3, -0.25) is 4.79 Å². The van der Waals surface area contributed by atoms with Gasteiger partial charge >= 0.3 is 0 Å². The van der Waals surface area contributed by atoms with Gasteiger partial charge in [-0.2, -0.15) is 0 Å². The highest BCUT2D eigenvalue weighted by Crippen LogP contribution is 2.29. The summed E-state index contributed by atoms with van der Waals surface area (Å²) in [5.74, 6) is 1.67. The van der Waals surface area contributed by atoms with Crippen LogP contribution in [0.2, 0.25) is 0 Å². The molecule has 6 nitrogen and oxygen atoms in total. The van der Waals surface area contributed by atoms with Crippen molar-refractivity contribution in [2.45, 2.75) is 18.1 Å². The first-order valence-corrected chi connectivity index (χ1v) is 9.58. The Kier molecular flexibility index (Phi) is 6.13. The number of hydrogen-bond donors (Lipinski definition) is 1. The van der Waals surface area contributed by atoms with Crippen LogP contribution >= 0.6 is 11.8 Å². The number of nitrogens with zero attached hydrogens (tertiary/aromatic N) is 3. The lowest BCUT2D eigenvalue weighted by molar-refractivity contribution is -0.119. The fourth-order valence-corrected chi connectivity index (χ4v) is 3.46. The second-order valence-electron chi connectivity index (χ2n) is 6.05. The second kappa shape index (κ2) is 8.73. The molecule has 1 heterocycles. The minimum Gasteiger partial charge on any atom is -0.496 e. The number of carbonyl (C=O) groups is 1. The van der Waals surface area contributed by atoms with Gasteiger partial charge in [0.15, 0.2) is 11.0 Å². The molecule has 27 heavy (non-hydrogen) atoms. The molecule has 1 amide bonds. The quantitative estimate of drug-likeness (QED) is 0.634. The SMILES string of the molecule is COc1ccccc1-c1nnc(SCC(=O)N[C@H](C)c2ccccc2)n1C. The average molecular weight is 382 g/mol. The van der Waals surface area contributed by atoms with Gasteiger partial charge in [0.05, 0.1) is 24.5 Å².